The Hall–Kier alpha value is -1.47. The Bertz CT molecular complexity index is 482. The molecule has 0 radical (unpaired) electrons. The van der Waals surface area contributed by atoms with Gasteiger partial charge >= 0.3 is 5.97 Å². The topological polar surface area (TPSA) is 88.5 Å². The van der Waals surface area contributed by atoms with E-state index in [4.69, 9.17) is 9.84 Å². The van der Waals surface area contributed by atoms with E-state index >= 15 is 0 Å². The molecule has 0 aliphatic carbocycles. The van der Waals surface area contributed by atoms with Crippen molar-refractivity contribution in [1.82, 2.24) is 10.3 Å². The molecule has 0 spiro atoms. The normalized spacial score (nSPS) is 17.6. The Morgan fingerprint density at radius 1 is 1.55 bits per heavy atom. The van der Waals surface area contributed by atoms with Gasteiger partial charge in [-0.2, -0.15) is 0 Å². The average molecular weight is 298 g/mol. The minimum absolute atomic E-state index is 0.0102. The van der Waals surface area contributed by atoms with Crippen molar-refractivity contribution in [2.24, 2.45) is 11.8 Å². The van der Waals surface area contributed by atoms with Crippen molar-refractivity contribution in [3.05, 3.63) is 16.1 Å². The third kappa shape index (κ3) is 3.77. The zero-order chi connectivity index (χ0) is 14.5. The van der Waals surface area contributed by atoms with E-state index < -0.39 is 5.97 Å². The van der Waals surface area contributed by atoms with Crippen LogP contribution in [0.4, 0.5) is 0 Å². The number of carbonyl (C=O) groups excluding carboxylic acids is 1. The number of aromatic carboxylic acids is 1. The van der Waals surface area contributed by atoms with Crippen LogP contribution in [0.15, 0.2) is 5.38 Å². The molecule has 1 aliphatic heterocycles. The van der Waals surface area contributed by atoms with Crippen LogP contribution in [0.1, 0.15) is 35.3 Å². The van der Waals surface area contributed by atoms with Gasteiger partial charge in [-0.15, -0.1) is 11.3 Å². The number of carboxylic acids is 1. The molecule has 2 heterocycles. The fourth-order valence-electron chi connectivity index (χ4n) is 2.24. The molecule has 110 valence electrons. The summed E-state index contributed by atoms with van der Waals surface area (Å²) in [5.74, 6) is -0.759. The molecule has 1 aliphatic rings. The lowest BCUT2D eigenvalue weighted by molar-refractivity contribution is -0.127. The van der Waals surface area contributed by atoms with Crippen LogP contribution in [0.2, 0.25) is 0 Å². The first-order valence-electron chi connectivity index (χ1n) is 6.61. The minimum atomic E-state index is -1.05. The van der Waals surface area contributed by atoms with Gasteiger partial charge in [0.25, 0.3) is 0 Å². The van der Waals surface area contributed by atoms with E-state index in [1.165, 1.54) is 16.7 Å². The number of hydrogen-bond donors (Lipinski definition) is 2. The van der Waals surface area contributed by atoms with E-state index in [0.717, 1.165) is 26.1 Å². The van der Waals surface area contributed by atoms with Crippen LogP contribution in [0.5, 0.6) is 0 Å². The van der Waals surface area contributed by atoms with Crippen LogP contribution in [0.25, 0.3) is 0 Å². The summed E-state index contributed by atoms with van der Waals surface area (Å²) in [5, 5.41) is 13.7. The smallest absolute Gasteiger partial charge is 0.355 e. The van der Waals surface area contributed by atoms with Crippen molar-refractivity contribution >= 4 is 23.2 Å². The van der Waals surface area contributed by atoms with E-state index in [-0.39, 0.29) is 24.1 Å². The molecular weight excluding hydrogens is 280 g/mol. The average Bonchev–Trinajstić information content (AvgIpc) is 2.94. The summed E-state index contributed by atoms with van der Waals surface area (Å²) in [6.07, 6.45) is 1.82. The monoisotopic (exact) mass is 298 g/mol. The van der Waals surface area contributed by atoms with Crippen molar-refractivity contribution in [3.8, 4) is 0 Å². The number of nitrogens with zero attached hydrogens (tertiary/aromatic N) is 1. The lowest BCUT2D eigenvalue weighted by Gasteiger charge is -2.26. The highest BCUT2D eigenvalue weighted by Crippen LogP contribution is 2.23. The van der Waals surface area contributed by atoms with Gasteiger partial charge in [-0.1, -0.05) is 6.92 Å². The van der Waals surface area contributed by atoms with Crippen LogP contribution in [-0.4, -0.2) is 35.2 Å². The number of carboxylic acid groups (broad SMARTS) is 1. The van der Waals surface area contributed by atoms with Gasteiger partial charge in [0.15, 0.2) is 5.69 Å². The molecule has 1 unspecified atom stereocenters. The molecule has 1 saturated heterocycles. The minimum Gasteiger partial charge on any atom is -0.476 e. The molecule has 0 saturated carbocycles. The Balaban J connectivity index is 1.82. The summed E-state index contributed by atoms with van der Waals surface area (Å²) in [4.78, 5) is 26.7. The molecule has 7 heteroatoms. The number of amides is 1. The third-order valence-electron chi connectivity index (χ3n) is 3.57. The predicted octanol–water partition coefficient (Wildman–Crippen LogP) is 1.52. The van der Waals surface area contributed by atoms with Gasteiger partial charge in [0.1, 0.15) is 5.01 Å². The van der Waals surface area contributed by atoms with Crippen LogP contribution >= 0.6 is 11.3 Å². The van der Waals surface area contributed by atoms with Gasteiger partial charge in [-0.05, 0) is 18.8 Å². The van der Waals surface area contributed by atoms with Crippen molar-refractivity contribution in [1.29, 1.82) is 0 Å². The van der Waals surface area contributed by atoms with E-state index in [2.05, 4.69) is 10.3 Å². The number of aromatic nitrogens is 1. The van der Waals surface area contributed by atoms with E-state index in [0.29, 0.717) is 10.9 Å². The van der Waals surface area contributed by atoms with E-state index in [9.17, 15) is 9.59 Å². The number of nitrogens with one attached hydrogen (secondary N) is 1. The molecule has 1 aromatic heterocycles. The Morgan fingerprint density at radius 2 is 2.25 bits per heavy atom. The quantitative estimate of drug-likeness (QED) is 0.860. The predicted molar refractivity (Wildman–Crippen MR) is 73.6 cm³/mol. The van der Waals surface area contributed by atoms with E-state index in [1.807, 2.05) is 6.92 Å². The van der Waals surface area contributed by atoms with Gasteiger partial charge in [0, 0.05) is 24.5 Å². The molecule has 2 N–H and O–H groups in total. The number of rotatable bonds is 5. The summed E-state index contributed by atoms with van der Waals surface area (Å²) >= 11 is 1.24. The zero-order valence-corrected chi connectivity index (χ0v) is 12.1. The first-order valence-corrected chi connectivity index (χ1v) is 7.49. The highest BCUT2D eigenvalue weighted by Gasteiger charge is 2.25. The van der Waals surface area contributed by atoms with Crippen molar-refractivity contribution < 1.29 is 19.4 Å². The molecule has 1 aromatic rings. The zero-order valence-electron chi connectivity index (χ0n) is 11.3. The maximum Gasteiger partial charge on any atom is 0.355 e. The first-order chi connectivity index (χ1) is 9.58. The van der Waals surface area contributed by atoms with Crippen LogP contribution in [0, 0.1) is 11.8 Å². The second-order valence-corrected chi connectivity index (χ2v) is 5.83. The molecule has 6 nitrogen and oxygen atoms in total. The summed E-state index contributed by atoms with van der Waals surface area (Å²) in [5.41, 5.74) is 0.0247. The second kappa shape index (κ2) is 6.81. The summed E-state index contributed by atoms with van der Waals surface area (Å²) in [6.45, 7) is 3.65. The molecule has 1 atom stereocenters. The molecular formula is C13H18N2O4S. The fraction of sp³-hybridized carbons (Fsp3) is 0.615. The largest absolute Gasteiger partial charge is 0.476 e. The number of thiazole rings is 1. The molecule has 20 heavy (non-hydrogen) atoms. The summed E-state index contributed by atoms with van der Waals surface area (Å²) in [7, 11) is 0. The lowest BCUT2D eigenvalue weighted by atomic mass is 9.87. The number of carbonyl (C=O) groups is 2. The van der Waals surface area contributed by atoms with Gasteiger partial charge < -0.3 is 15.2 Å². The molecule has 0 aromatic carbocycles. The van der Waals surface area contributed by atoms with Gasteiger partial charge in [-0.25, -0.2) is 9.78 Å². The van der Waals surface area contributed by atoms with Crippen molar-refractivity contribution in [2.75, 3.05) is 13.2 Å². The first kappa shape index (κ1) is 14.9. The van der Waals surface area contributed by atoms with Gasteiger partial charge in [-0.3, -0.25) is 4.79 Å². The molecule has 1 fully saturated rings. The van der Waals surface area contributed by atoms with Crippen LogP contribution in [-0.2, 0) is 16.1 Å². The Kier molecular flexibility index (Phi) is 5.08. The number of hydrogen-bond acceptors (Lipinski definition) is 5. The number of ether oxygens (including phenoxy) is 1. The maximum absolute atomic E-state index is 12.1. The fourth-order valence-corrected chi connectivity index (χ4v) is 2.95. The second-order valence-electron chi connectivity index (χ2n) is 4.89. The van der Waals surface area contributed by atoms with Crippen LogP contribution < -0.4 is 5.32 Å². The standard InChI is InChI=1S/C13H18N2O4S/c1-8(9-2-4-19-5-3-9)12(16)14-6-11-15-10(7-20-11)13(17)18/h7-9H,2-6H2,1H3,(H,14,16)(H,17,18). The summed E-state index contributed by atoms with van der Waals surface area (Å²) in [6, 6.07) is 0. The Labute approximate surface area is 121 Å². The lowest BCUT2D eigenvalue weighted by Crippen LogP contribution is -2.35. The van der Waals surface area contributed by atoms with Gasteiger partial charge in [0.2, 0.25) is 5.91 Å². The molecule has 0 bridgehead atoms. The van der Waals surface area contributed by atoms with Crippen LogP contribution in [0.3, 0.4) is 0 Å². The van der Waals surface area contributed by atoms with Crippen molar-refractivity contribution in [3.63, 3.8) is 0 Å². The van der Waals surface area contributed by atoms with Gasteiger partial charge in [0.05, 0.1) is 6.54 Å². The summed E-state index contributed by atoms with van der Waals surface area (Å²) < 4.78 is 5.29. The highest BCUT2D eigenvalue weighted by molar-refractivity contribution is 7.09. The SMILES string of the molecule is CC(C(=O)NCc1nc(C(=O)O)cs1)C1CCOCC1. The van der Waals surface area contributed by atoms with E-state index in [1.54, 1.807) is 0 Å². The van der Waals surface area contributed by atoms with Crippen molar-refractivity contribution in [2.45, 2.75) is 26.3 Å². The highest BCUT2D eigenvalue weighted by atomic mass is 32.1. The third-order valence-corrected chi connectivity index (χ3v) is 4.42. The molecule has 1 amide bonds. The maximum atomic E-state index is 12.1. The molecule has 2 rings (SSSR count). The Morgan fingerprint density at radius 3 is 2.85 bits per heavy atom.